The minimum absolute atomic E-state index is 0.490. The summed E-state index contributed by atoms with van der Waals surface area (Å²) < 4.78 is 17.1. The van der Waals surface area contributed by atoms with E-state index >= 15 is 0 Å². The van der Waals surface area contributed by atoms with Crippen molar-refractivity contribution in [3.05, 3.63) is 71.8 Å². The molecule has 0 heterocycles. The molecule has 4 heteroatoms. The van der Waals surface area contributed by atoms with Crippen LogP contribution in [0.1, 0.15) is 11.1 Å². The summed E-state index contributed by atoms with van der Waals surface area (Å²) in [4.78, 5) is 13.6. The summed E-state index contributed by atoms with van der Waals surface area (Å²) in [6.45, 7) is 0.490. The topological polar surface area (TPSA) is 35.5 Å². The monoisotopic (exact) mass is 272 g/mol. The van der Waals surface area contributed by atoms with Crippen LogP contribution in [0.25, 0.3) is 6.08 Å². The predicted octanol–water partition coefficient (Wildman–Crippen LogP) is 3.71. The van der Waals surface area contributed by atoms with Gasteiger partial charge in [-0.15, -0.1) is 0 Å². The van der Waals surface area contributed by atoms with Crippen molar-refractivity contribution in [3.8, 4) is 5.75 Å². The SMILES string of the molecule is O=C(/C=C/c1ccc(OCc2ccccc2)cc1)OF. The number of benzene rings is 2. The zero-order valence-electron chi connectivity index (χ0n) is 10.7. The van der Waals surface area contributed by atoms with Gasteiger partial charge in [0, 0.05) is 10.6 Å². The molecule has 2 aromatic carbocycles. The second-order valence-corrected chi connectivity index (χ2v) is 4.07. The molecule has 0 unspecified atom stereocenters. The summed E-state index contributed by atoms with van der Waals surface area (Å²) in [7, 11) is 0. The Labute approximate surface area is 116 Å². The van der Waals surface area contributed by atoms with Crippen LogP contribution in [-0.2, 0) is 16.3 Å². The first-order valence-electron chi connectivity index (χ1n) is 6.05. The Balaban J connectivity index is 1.91. The second-order valence-electron chi connectivity index (χ2n) is 4.07. The summed E-state index contributed by atoms with van der Waals surface area (Å²) in [5.74, 6) is -0.312. The Hall–Kier alpha value is -2.62. The van der Waals surface area contributed by atoms with Crippen LogP contribution in [0.5, 0.6) is 5.75 Å². The molecule has 2 aromatic rings. The van der Waals surface area contributed by atoms with Crippen LogP contribution in [0.2, 0.25) is 0 Å². The highest BCUT2D eigenvalue weighted by molar-refractivity contribution is 5.86. The average Bonchev–Trinajstić information content (AvgIpc) is 2.52. The quantitative estimate of drug-likeness (QED) is 0.778. The minimum Gasteiger partial charge on any atom is -0.489 e. The molecule has 0 saturated carbocycles. The Morgan fingerprint density at radius 2 is 1.75 bits per heavy atom. The highest BCUT2D eigenvalue weighted by Gasteiger charge is 1.97. The molecule has 0 amide bonds. The largest absolute Gasteiger partial charge is 0.489 e. The van der Waals surface area contributed by atoms with E-state index in [0.29, 0.717) is 6.61 Å². The average molecular weight is 272 g/mol. The zero-order valence-corrected chi connectivity index (χ0v) is 10.7. The fourth-order valence-electron chi connectivity index (χ4n) is 1.61. The van der Waals surface area contributed by atoms with Crippen LogP contribution < -0.4 is 4.74 Å². The van der Waals surface area contributed by atoms with E-state index in [-0.39, 0.29) is 0 Å². The summed E-state index contributed by atoms with van der Waals surface area (Å²) in [5.41, 5.74) is 1.84. The van der Waals surface area contributed by atoms with Crippen molar-refractivity contribution in [1.29, 1.82) is 0 Å². The van der Waals surface area contributed by atoms with Gasteiger partial charge in [0.15, 0.2) is 0 Å². The maximum Gasteiger partial charge on any atom is 0.372 e. The number of carbonyl (C=O) groups excluding carboxylic acids is 1. The van der Waals surface area contributed by atoms with Gasteiger partial charge in [0.25, 0.3) is 0 Å². The van der Waals surface area contributed by atoms with Crippen molar-refractivity contribution in [3.63, 3.8) is 0 Å². The lowest BCUT2D eigenvalue weighted by Gasteiger charge is -2.06. The van der Waals surface area contributed by atoms with Gasteiger partial charge in [0.05, 0.1) is 0 Å². The Kier molecular flexibility index (Phi) is 4.89. The van der Waals surface area contributed by atoms with E-state index < -0.39 is 5.97 Å². The third kappa shape index (κ3) is 4.24. The first kappa shape index (κ1) is 13.8. The van der Waals surface area contributed by atoms with E-state index in [2.05, 4.69) is 4.94 Å². The number of rotatable bonds is 5. The molecular formula is C16H13FO3. The molecule has 0 radical (unpaired) electrons. The molecule has 2 rings (SSSR count). The molecule has 0 spiro atoms. The summed E-state index contributed by atoms with van der Waals surface area (Å²) in [6.07, 6.45) is 2.47. The molecule has 0 atom stereocenters. The van der Waals surface area contributed by atoms with E-state index in [1.807, 2.05) is 30.3 Å². The van der Waals surface area contributed by atoms with Crippen LogP contribution in [0.4, 0.5) is 4.53 Å². The molecule has 20 heavy (non-hydrogen) atoms. The first-order valence-corrected chi connectivity index (χ1v) is 6.05. The zero-order chi connectivity index (χ0) is 14.2. The van der Waals surface area contributed by atoms with E-state index in [4.69, 9.17) is 4.74 Å². The third-order valence-electron chi connectivity index (χ3n) is 2.62. The van der Waals surface area contributed by atoms with Gasteiger partial charge in [-0.3, -0.25) is 4.94 Å². The lowest BCUT2D eigenvalue weighted by molar-refractivity contribution is -0.176. The van der Waals surface area contributed by atoms with Crippen molar-refractivity contribution in [2.24, 2.45) is 0 Å². The van der Waals surface area contributed by atoms with Crippen molar-refractivity contribution in [2.45, 2.75) is 6.61 Å². The first-order chi connectivity index (χ1) is 9.78. The molecule has 0 fully saturated rings. The van der Waals surface area contributed by atoms with Crippen LogP contribution in [0, 0.1) is 0 Å². The van der Waals surface area contributed by atoms with E-state index in [1.165, 1.54) is 6.08 Å². The summed E-state index contributed by atoms with van der Waals surface area (Å²) >= 11 is 0. The fourth-order valence-corrected chi connectivity index (χ4v) is 1.61. The number of halogens is 1. The molecule has 0 aliphatic heterocycles. The lowest BCUT2D eigenvalue weighted by Crippen LogP contribution is -1.94. The molecule has 0 aliphatic rings. The number of hydrogen-bond donors (Lipinski definition) is 0. The smallest absolute Gasteiger partial charge is 0.372 e. The Morgan fingerprint density at radius 3 is 2.40 bits per heavy atom. The maximum absolute atomic E-state index is 11.5. The minimum atomic E-state index is -1.03. The highest BCUT2D eigenvalue weighted by atomic mass is 19.3. The van der Waals surface area contributed by atoms with Gasteiger partial charge in [-0.2, -0.15) is 0 Å². The molecule has 102 valence electrons. The molecule has 0 aliphatic carbocycles. The molecule has 3 nitrogen and oxygen atoms in total. The van der Waals surface area contributed by atoms with Crippen molar-refractivity contribution in [2.75, 3.05) is 0 Å². The predicted molar refractivity (Wildman–Crippen MR) is 73.5 cm³/mol. The van der Waals surface area contributed by atoms with E-state index in [9.17, 15) is 9.32 Å². The van der Waals surface area contributed by atoms with Gasteiger partial charge < -0.3 is 4.74 Å². The third-order valence-corrected chi connectivity index (χ3v) is 2.62. The van der Waals surface area contributed by atoms with Crippen molar-refractivity contribution in [1.82, 2.24) is 0 Å². The molecule has 0 saturated heterocycles. The van der Waals surface area contributed by atoms with Crippen LogP contribution in [-0.4, -0.2) is 5.97 Å². The highest BCUT2D eigenvalue weighted by Crippen LogP contribution is 2.15. The maximum atomic E-state index is 11.5. The van der Waals surface area contributed by atoms with Gasteiger partial charge in [-0.05, 0) is 29.3 Å². The van der Waals surface area contributed by atoms with Gasteiger partial charge in [0.1, 0.15) is 12.4 Å². The summed E-state index contributed by atoms with van der Waals surface area (Å²) in [6, 6.07) is 16.9. The van der Waals surface area contributed by atoms with E-state index in [1.54, 1.807) is 24.3 Å². The molecule has 0 N–H and O–H groups in total. The molecule has 0 aromatic heterocycles. The summed E-state index contributed by atoms with van der Waals surface area (Å²) in [5, 5.41) is 0. The molecule has 0 bridgehead atoms. The van der Waals surface area contributed by atoms with Crippen LogP contribution in [0.3, 0.4) is 0 Å². The van der Waals surface area contributed by atoms with Crippen LogP contribution >= 0.6 is 0 Å². The Morgan fingerprint density at radius 1 is 1.05 bits per heavy atom. The number of ether oxygens (including phenoxy) is 1. The van der Waals surface area contributed by atoms with E-state index in [0.717, 1.165) is 23.0 Å². The standard InChI is InChI=1S/C16H13FO3/c17-20-16(18)11-8-13-6-9-15(10-7-13)19-12-14-4-2-1-3-5-14/h1-11H,12H2/b11-8+. The fraction of sp³-hybridized carbons (Fsp3) is 0.0625. The van der Waals surface area contributed by atoms with Gasteiger partial charge in [0.2, 0.25) is 0 Å². The van der Waals surface area contributed by atoms with Crippen LogP contribution in [0.15, 0.2) is 60.7 Å². The Bertz CT molecular complexity index is 576. The second kappa shape index (κ2) is 7.09. The van der Waals surface area contributed by atoms with Gasteiger partial charge in [-0.25, -0.2) is 4.79 Å². The lowest BCUT2D eigenvalue weighted by atomic mass is 10.2. The normalized spacial score (nSPS) is 10.4. The number of hydrogen-bond acceptors (Lipinski definition) is 3. The van der Waals surface area contributed by atoms with Gasteiger partial charge >= 0.3 is 5.97 Å². The van der Waals surface area contributed by atoms with Crippen molar-refractivity contribution < 1.29 is 19.0 Å². The van der Waals surface area contributed by atoms with Crippen molar-refractivity contribution >= 4 is 12.0 Å². The van der Waals surface area contributed by atoms with Gasteiger partial charge in [-0.1, -0.05) is 42.5 Å². The molecular weight excluding hydrogens is 259 g/mol. The number of carbonyl (C=O) groups is 1.